The normalized spacial score (nSPS) is 17.6. The zero-order valence-corrected chi connectivity index (χ0v) is 12.2. The molecule has 1 saturated heterocycles. The highest BCUT2D eigenvalue weighted by Gasteiger charge is 2.14. The fraction of sp³-hybridized carbons (Fsp3) is 0.625. The van der Waals surface area contributed by atoms with Crippen LogP contribution in [0.4, 0.5) is 0 Å². The summed E-state index contributed by atoms with van der Waals surface area (Å²) in [5.41, 5.74) is 1.97. The van der Waals surface area contributed by atoms with Crippen molar-refractivity contribution in [3.63, 3.8) is 0 Å². The zero-order valence-electron chi connectivity index (χ0n) is 12.2. The van der Waals surface area contributed by atoms with Crippen LogP contribution in [0.5, 0.6) is 0 Å². The Balaban J connectivity index is 1.87. The number of rotatable bonds is 5. The monoisotopic (exact) mass is 262 g/mol. The number of hydrogen-bond acceptors (Lipinski definition) is 3. The van der Waals surface area contributed by atoms with E-state index in [9.17, 15) is 5.11 Å². The molecule has 1 aromatic rings. The van der Waals surface area contributed by atoms with Crippen LogP contribution in [0, 0.1) is 0 Å². The largest absolute Gasteiger partial charge is 0.390 e. The van der Waals surface area contributed by atoms with Crippen LogP contribution in [0.1, 0.15) is 25.0 Å². The van der Waals surface area contributed by atoms with E-state index in [0.717, 1.165) is 39.1 Å². The van der Waals surface area contributed by atoms with Gasteiger partial charge in [-0.05, 0) is 31.4 Å². The van der Waals surface area contributed by atoms with E-state index in [1.54, 1.807) is 0 Å². The molecule has 0 bridgehead atoms. The molecule has 3 heteroatoms. The summed E-state index contributed by atoms with van der Waals surface area (Å²) in [7, 11) is 0. The first-order chi connectivity index (χ1) is 9.03. The molecule has 106 valence electrons. The van der Waals surface area contributed by atoms with Crippen LogP contribution in [0.2, 0.25) is 0 Å². The first-order valence-corrected chi connectivity index (χ1v) is 7.26. The van der Waals surface area contributed by atoms with Gasteiger partial charge >= 0.3 is 0 Å². The molecule has 0 unspecified atom stereocenters. The van der Waals surface area contributed by atoms with Gasteiger partial charge in [-0.1, -0.05) is 24.3 Å². The molecule has 1 aromatic carbocycles. The molecule has 3 nitrogen and oxygen atoms in total. The van der Waals surface area contributed by atoms with E-state index in [2.05, 4.69) is 34.5 Å². The van der Waals surface area contributed by atoms with Crippen LogP contribution >= 0.6 is 0 Å². The average molecular weight is 262 g/mol. The van der Waals surface area contributed by atoms with Gasteiger partial charge in [-0.2, -0.15) is 0 Å². The Morgan fingerprint density at radius 1 is 1.21 bits per heavy atom. The first kappa shape index (κ1) is 14.5. The highest BCUT2D eigenvalue weighted by atomic mass is 16.3. The second kappa shape index (κ2) is 6.51. The van der Waals surface area contributed by atoms with Crippen molar-refractivity contribution in [2.45, 2.75) is 32.3 Å². The third-order valence-corrected chi connectivity index (χ3v) is 3.55. The number of hydrogen-bond donors (Lipinski definition) is 2. The van der Waals surface area contributed by atoms with E-state index in [1.165, 1.54) is 11.1 Å². The molecule has 1 heterocycles. The van der Waals surface area contributed by atoms with E-state index in [0.29, 0.717) is 6.42 Å². The highest BCUT2D eigenvalue weighted by molar-refractivity contribution is 5.24. The fourth-order valence-corrected chi connectivity index (χ4v) is 2.62. The van der Waals surface area contributed by atoms with Crippen molar-refractivity contribution in [3.05, 3.63) is 35.4 Å². The summed E-state index contributed by atoms with van der Waals surface area (Å²) in [5.74, 6) is 0. The second-order valence-electron chi connectivity index (χ2n) is 6.15. The van der Waals surface area contributed by atoms with E-state index in [1.807, 2.05) is 13.8 Å². The van der Waals surface area contributed by atoms with E-state index < -0.39 is 5.60 Å². The van der Waals surface area contributed by atoms with E-state index in [-0.39, 0.29) is 0 Å². The maximum atomic E-state index is 9.88. The molecule has 0 spiro atoms. The van der Waals surface area contributed by atoms with Gasteiger partial charge in [-0.25, -0.2) is 0 Å². The Hall–Kier alpha value is -0.900. The third kappa shape index (κ3) is 5.31. The van der Waals surface area contributed by atoms with Crippen LogP contribution in [0.25, 0.3) is 0 Å². The molecule has 0 aliphatic carbocycles. The van der Waals surface area contributed by atoms with Crippen molar-refractivity contribution in [2.75, 3.05) is 32.7 Å². The first-order valence-electron chi connectivity index (χ1n) is 7.26. The molecule has 0 saturated carbocycles. The van der Waals surface area contributed by atoms with Gasteiger partial charge in [-0.3, -0.25) is 0 Å². The molecule has 19 heavy (non-hydrogen) atoms. The smallest absolute Gasteiger partial charge is 0.0631 e. The van der Waals surface area contributed by atoms with Crippen LogP contribution in [-0.2, 0) is 12.8 Å². The van der Waals surface area contributed by atoms with Crippen LogP contribution in [-0.4, -0.2) is 48.3 Å². The van der Waals surface area contributed by atoms with Crippen LogP contribution < -0.4 is 5.32 Å². The summed E-state index contributed by atoms with van der Waals surface area (Å²) in [6.07, 6.45) is 1.81. The van der Waals surface area contributed by atoms with Crippen molar-refractivity contribution in [1.29, 1.82) is 0 Å². The lowest BCUT2D eigenvalue weighted by atomic mass is 9.97. The standard InChI is InChI=1S/C16H26N2O/c1-16(2,19)13-15-5-3-4-14(12-15)6-9-18-10-7-17-8-11-18/h3-5,12,17,19H,6-11,13H2,1-2H3. The molecule has 1 aliphatic rings. The van der Waals surface area contributed by atoms with Gasteiger partial charge in [0.2, 0.25) is 0 Å². The number of nitrogens with one attached hydrogen (secondary N) is 1. The maximum absolute atomic E-state index is 9.88. The summed E-state index contributed by atoms with van der Waals surface area (Å²) < 4.78 is 0. The van der Waals surface area contributed by atoms with Gasteiger partial charge in [-0.15, -0.1) is 0 Å². The Bertz CT molecular complexity index is 392. The minimum absolute atomic E-state index is 0.628. The predicted octanol–water partition coefficient (Wildman–Crippen LogP) is 1.45. The summed E-state index contributed by atoms with van der Waals surface area (Å²) in [6, 6.07) is 8.64. The van der Waals surface area contributed by atoms with Crippen LogP contribution in [0.15, 0.2) is 24.3 Å². The quantitative estimate of drug-likeness (QED) is 0.843. The number of benzene rings is 1. The topological polar surface area (TPSA) is 35.5 Å². The SMILES string of the molecule is CC(C)(O)Cc1cccc(CCN2CCNCC2)c1. The molecule has 1 aliphatic heterocycles. The van der Waals surface area contributed by atoms with Gasteiger partial charge in [0.15, 0.2) is 0 Å². The highest BCUT2D eigenvalue weighted by Crippen LogP contribution is 2.14. The van der Waals surface area contributed by atoms with Gasteiger partial charge in [0, 0.05) is 39.1 Å². The molecule has 0 radical (unpaired) electrons. The van der Waals surface area contributed by atoms with Crippen molar-refractivity contribution in [3.8, 4) is 0 Å². The minimum atomic E-state index is -0.628. The van der Waals surface area contributed by atoms with Gasteiger partial charge in [0.1, 0.15) is 0 Å². The third-order valence-electron chi connectivity index (χ3n) is 3.55. The lowest BCUT2D eigenvalue weighted by molar-refractivity contribution is 0.0810. The molecule has 1 fully saturated rings. The summed E-state index contributed by atoms with van der Waals surface area (Å²) in [5, 5.41) is 13.3. The number of piperazine rings is 1. The summed E-state index contributed by atoms with van der Waals surface area (Å²) in [4.78, 5) is 2.51. The van der Waals surface area contributed by atoms with Gasteiger partial charge < -0.3 is 15.3 Å². The van der Waals surface area contributed by atoms with E-state index in [4.69, 9.17) is 0 Å². The van der Waals surface area contributed by atoms with Gasteiger partial charge in [0.25, 0.3) is 0 Å². The zero-order chi connectivity index (χ0) is 13.7. The minimum Gasteiger partial charge on any atom is -0.390 e. The Morgan fingerprint density at radius 3 is 2.58 bits per heavy atom. The van der Waals surface area contributed by atoms with Gasteiger partial charge in [0.05, 0.1) is 5.60 Å². The number of aliphatic hydroxyl groups is 1. The molecule has 0 aromatic heterocycles. The lowest BCUT2D eigenvalue weighted by Gasteiger charge is -2.27. The predicted molar refractivity (Wildman–Crippen MR) is 79.5 cm³/mol. The average Bonchev–Trinajstić information content (AvgIpc) is 2.36. The fourth-order valence-electron chi connectivity index (χ4n) is 2.62. The number of nitrogens with zero attached hydrogens (tertiary/aromatic N) is 1. The molecule has 2 N–H and O–H groups in total. The Kier molecular flexibility index (Phi) is 4.97. The second-order valence-corrected chi connectivity index (χ2v) is 6.15. The Morgan fingerprint density at radius 2 is 1.89 bits per heavy atom. The Labute approximate surface area is 116 Å². The van der Waals surface area contributed by atoms with Crippen molar-refractivity contribution < 1.29 is 5.11 Å². The van der Waals surface area contributed by atoms with Crippen molar-refractivity contribution in [1.82, 2.24) is 10.2 Å². The maximum Gasteiger partial charge on any atom is 0.0631 e. The van der Waals surface area contributed by atoms with Crippen molar-refractivity contribution >= 4 is 0 Å². The molecular weight excluding hydrogens is 236 g/mol. The molecule has 2 rings (SSSR count). The summed E-state index contributed by atoms with van der Waals surface area (Å²) in [6.45, 7) is 9.39. The molecule has 0 amide bonds. The van der Waals surface area contributed by atoms with E-state index >= 15 is 0 Å². The van der Waals surface area contributed by atoms with Crippen LogP contribution in [0.3, 0.4) is 0 Å². The molecular formula is C16H26N2O. The van der Waals surface area contributed by atoms with Crippen molar-refractivity contribution in [2.24, 2.45) is 0 Å². The summed E-state index contributed by atoms with van der Waals surface area (Å²) >= 11 is 0. The molecule has 0 atom stereocenters. The lowest BCUT2D eigenvalue weighted by Crippen LogP contribution is -2.44.